The molecule has 1 aromatic rings. The summed E-state index contributed by atoms with van der Waals surface area (Å²) in [6.45, 7) is 2.89. The average molecular weight is 229 g/mol. The Morgan fingerprint density at radius 1 is 1.31 bits per heavy atom. The van der Waals surface area contributed by atoms with Crippen molar-refractivity contribution in [2.24, 2.45) is 0 Å². The van der Waals surface area contributed by atoms with Gasteiger partial charge in [-0.25, -0.2) is 0 Å². The van der Waals surface area contributed by atoms with Crippen LogP contribution in [-0.4, -0.2) is 12.6 Å². The first kappa shape index (κ1) is 11.5. The van der Waals surface area contributed by atoms with Gasteiger partial charge in [0.15, 0.2) is 0 Å². The van der Waals surface area contributed by atoms with E-state index in [1.165, 1.54) is 12.1 Å². The largest absolute Gasteiger partial charge is 0.416 e. The van der Waals surface area contributed by atoms with Crippen LogP contribution in [0.1, 0.15) is 30.4 Å². The van der Waals surface area contributed by atoms with Gasteiger partial charge in [0.2, 0.25) is 0 Å². The second-order valence-electron chi connectivity index (χ2n) is 4.26. The third kappa shape index (κ3) is 2.21. The van der Waals surface area contributed by atoms with E-state index in [1.54, 1.807) is 6.07 Å². The summed E-state index contributed by atoms with van der Waals surface area (Å²) in [5.41, 5.74) is 0.233. The summed E-state index contributed by atoms with van der Waals surface area (Å²) in [7, 11) is 0. The molecule has 1 aliphatic rings. The van der Waals surface area contributed by atoms with Crippen LogP contribution < -0.4 is 5.32 Å². The Hall–Kier alpha value is -1.03. The van der Waals surface area contributed by atoms with Crippen molar-refractivity contribution in [1.82, 2.24) is 5.32 Å². The molecule has 0 bridgehead atoms. The molecule has 0 spiro atoms. The molecule has 88 valence electrons. The fourth-order valence-electron chi connectivity index (χ4n) is 2.26. The van der Waals surface area contributed by atoms with Gasteiger partial charge in [0.05, 0.1) is 5.56 Å². The summed E-state index contributed by atoms with van der Waals surface area (Å²) < 4.78 is 37.6. The second-order valence-corrected chi connectivity index (χ2v) is 4.26. The number of halogens is 3. The van der Waals surface area contributed by atoms with Crippen LogP contribution in [0.4, 0.5) is 13.2 Å². The summed E-state index contributed by atoms with van der Waals surface area (Å²) in [4.78, 5) is 0. The van der Waals surface area contributed by atoms with Crippen LogP contribution in [0.3, 0.4) is 0 Å². The molecular weight excluding hydrogens is 215 g/mol. The quantitative estimate of drug-likeness (QED) is 0.780. The highest BCUT2D eigenvalue weighted by molar-refractivity contribution is 5.29. The number of rotatable bonds is 1. The Morgan fingerprint density at radius 2 is 2.06 bits per heavy atom. The van der Waals surface area contributed by atoms with Crippen LogP contribution in [0.2, 0.25) is 0 Å². The SMILES string of the molecule is CC1NCCC1c1cccc(C(F)(F)F)c1. The first-order chi connectivity index (χ1) is 7.48. The first-order valence-corrected chi connectivity index (χ1v) is 5.39. The molecule has 1 aromatic carbocycles. The monoisotopic (exact) mass is 229 g/mol. The van der Waals surface area contributed by atoms with Gasteiger partial charge in [0, 0.05) is 12.0 Å². The Kier molecular flexibility index (Phi) is 2.93. The van der Waals surface area contributed by atoms with Gasteiger partial charge in [0.25, 0.3) is 0 Å². The number of hydrogen-bond donors (Lipinski definition) is 1. The maximum absolute atomic E-state index is 12.5. The second kappa shape index (κ2) is 4.09. The van der Waals surface area contributed by atoms with Crippen molar-refractivity contribution in [3.63, 3.8) is 0 Å². The molecule has 0 radical (unpaired) electrons. The van der Waals surface area contributed by atoms with E-state index in [2.05, 4.69) is 5.32 Å². The fraction of sp³-hybridized carbons (Fsp3) is 0.500. The zero-order chi connectivity index (χ0) is 11.8. The Labute approximate surface area is 92.7 Å². The minimum atomic E-state index is -4.24. The van der Waals surface area contributed by atoms with Gasteiger partial charge in [-0.3, -0.25) is 0 Å². The molecule has 2 unspecified atom stereocenters. The summed E-state index contributed by atoms with van der Waals surface area (Å²) in [5, 5.41) is 3.24. The van der Waals surface area contributed by atoms with Crippen LogP contribution in [0.5, 0.6) is 0 Å². The van der Waals surface area contributed by atoms with Gasteiger partial charge < -0.3 is 5.32 Å². The third-order valence-corrected chi connectivity index (χ3v) is 3.17. The highest BCUT2D eigenvalue weighted by atomic mass is 19.4. The van der Waals surface area contributed by atoms with Crippen molar-refractivity contribution in [3.05, 3.63) is 35.4 Å². The van der Waals surface area contributed by atoms with Gasteiger partial charge in [-0.2, -0.15) is 13.2 Å². The predicted octanol–water partition coefficient (Wildman–Crippen LogP) is 3.17. The zero-order valence-corrected chi connectivity index (χ0v) is 9.01. The zero-order valence-electron chi connectivity index (χ0n) is 9.01. The van der Waals surface area contributed by atoms with Crippen molar-refractivity contribution < 1.29 is 13.2 Å². The van der Waals surface area contributed by atoms with Gasteiger partial charge in [-0.15, -0.1) is 0 Å². The van der Waals surface area contributed by atoms with Crippen LogP contribution in [0, 0.1) is 0 Å². The van der Waals surface area contributed by atoms with Crippen LogP contribution in [0.15, 0.2) is 24.3 Å². The molecule has 1 saturated heterocycles. The molecule has 4 heteroatoms. The van der Waals surface area contributed by atoms with E-state index >= 15 is 0 Å². The maximum atomic E-state index is 12.5. The molecular formula is C12H14F3N. The van der Waals surface area contributed by atoms with Gasteiger partial charge >= 0.3 is 6.18 Å². The summed E-state index contributed by atoms with van der Waals surface area (Å²) >= 11 is 0. The van der Waals surface area contributed by atoms with Crippen molar-refractivity contribution in [2.75, 3.05) is 6.54 Å². The predicted molar refractivity (Wildman–Crippen MR) is 56.3 cm³/mol. The van der Waals surface area contributed by atoms with E-state index in [4.69, 9.17) is 0 Å². The molecule has 1 N–H and O–H groups in total. The molecule has 1 heterocycles. The number of alkyl halides is 3. The van der Waals surface area contributed by atoms with Crippen LogP contribution >= 0.6 is 0 Å². The maximum Gasteiger partial charge on any atom is 0.416 e. The Balaban J connectivity index is 2.29. The highest BCUT2D eigenvalue weighted by Gasteiger charge is 2.32. The number of benzene rings is 1. The van der Waals surface area contributed by atoms with Crippen LogP contribution in [0.25, 0.3) is 0 Å². The van der Waals surface area contributed by atoms with Crippen molar-refractivity contribution in [3.8, 4) is 0 Å². The number of nitrogens with one attached hydrogen (secondary N) is 1. The molecule has 1 aliphatic heterocycles. The van der Waals surface area contributed by atoms with E-state index < -0.39 is 11.7 Å². The van der Waals surface area contributed by atoms with E-state index in [9.17, 15) is 13.2 Å². The van der Waals surface area contributed by atoms with Crippen LogP contribution in [-0.2, 0) is 6.18 Å². The molecule has 0 saturated carbocycles. The van der Waals surface area contributed by atoms with E-state index in [-0.39, 0.29) is 12.0 Å². The molecule has 0 amide bonds. The summed E-state index contributed by atoms with van der Waals surface area (Å²) in [5.74, 6) is 0.197. The lowest BCUT2D eigenvalue weighted by Crippen LogP contribution is -2.21. The number of hydrogen-bond acceptors (Lipinski definition) is 1. The Bertz CT molecular complexity index is 373. The minimum absolute atomic E-state index is 0.197. The topological polar surface area (TPSA) is 12.0 Å². The molecule has 2 rings (SSSR count). The highest BCUT2D eigenvalue weighted by Crippen LogP contribution is 2.33. The smallest absolute Gasteiger partial charge is 0.314 e. The summed E-state index contributed by atoms with van der Waals surface area (Å²) in [6, 6.07) is 5.92. The third-order valence-electron chi connectivity index (χ3n) is 3.17. The lowest BCUT2D eigenvalue weighted by Gasteiger charge is -2.17. The minimum Gasteiger partial charge on any atom is -0.314 e. The normalized spacial score (nSPS) is 26.0. The first-order valence-electron chi connectivity index (χ1n) is 5.39. The van der Waals surface area contributed by atoms with Crippen molar-refractivity contribution >= 4 is 0 Å². The lowest BCUT2D eigenvalue weighted by atomic mass is 9.92. The van der Waals surface area contributed by atoms with Crippen molar-refractivity contribution in [1.29, 1.82) is 0 Å². The molecule has 0 aromatic heterocycles. The fourth-order valence-corrected chi connectivity index (χ4v) is 2.26. The van der Waals surface area contributed by atoms with Gasteiger partial charge in [-0.1, -0.05) is 18.2 Å². The van der Waals surface area contributed by atoms with Gasteiger partial charge in [0.1, 0.15) is 0 Å². The molecule has 1 nitrogen and oxygen atoms in total. The molecule has 0 aliphatic carbocycles. The summed E-state index contributed by atoms with van der Waals surface area (Å²) in [6.07, 6.45) is -3.34. The molecule has 2 atom stereocenters. The molecule has 16 heavy (non-hydrogen) atoms. The van der Waals surface area contributed by atoms with E-state index in [1.807, 2.05) is 6.92 Å². The van der Waals surface area contributed by atoms with Crippen molar-refractivity contribution in [2.45, 2.75) is 31.5 Å². The lowest BCUT2D eigenvalue weighted by molar-refractivity contribution is -0.137. The standard InChI is InChI=1S/C12H14F3N/c1-8-11(5-6-16-8)9-3-2-4-10(7-9)12(13,14)15/h2-4,7-8,11,16H,5-6H2,1H3. The van der Waals surface area contributed by atoms with E-state index in [0.29, 0.717) is 0 Å². The molecule has 1 fully saturated rings. The van der Waals surface area contributed by atoms with E-state index in [0.717, 1.165) is 24.6 Å². The van der Waals surface area contributed by atoms with Gasteiger partial charge in [-0.05, 0) is 31.5 Å². The average Bonchev–Trinajstić information content (AvgIpc) is 2.63. The Morgan fingerprint density at radius 3 is 2.62 bits per heavy atom.